The molecule has 5 atom stereocenters. The largest absolute Gasteiger partial charge is 0.472 e. The Bertz CT molecular complexity index is 880. The Hall–Kier alpha value is -1.82. The summed E-state index contributed by atoms with van der Waals surface area (Å²) < 4.78 is 27.9. The number of aliphatic hydroxyl groups is 1. The lowest BCUT2D eigenvalue weighted by atomic mass is 11.1. The molecule has 4 heterocycles. The Morgan fingerprint density at radius 2 is 2.30 bits per heavy atom. The van der Waals surface area contributed by atoms with Crippen LogP contribution in [-0.2, 0) is 18.3 Å². The average Bonchev–Trinajstić information content (AvgIpc) is 3.00. The molecule has 13 heteroatoms. The Labute approximate surface area is 127 Å². The van der Waals surface area contributed by atoms with Crippen molar-refractivity contribution in [2.45, 2.75) is 24.5 Å². The van der Waals surface area contributed by atoms with Crippen LogP contribution in [-0.4, -0.2) is 54.4 Å². The monoisotopic (exact) mass is 360 g/mol. The molecule has 0 amide bonds. The van der Waals surface area contributed by atoms with E-state index in [9.17, 15) is 19.4 Å². The van der Waals surface area contributed by atoms with Gasteiger partial charge in [0.15, 0.2) is 17.4 Å². The fraction of sp³-hybridized carbons (Fsp3) is 0.500. The normalized spacial score (nSPS) is 37.1. The number of nitrogens with zero attached hydrogens (tertiary/aromatic N) is 3. The summed E-state index contributed by atoms with van der Waals surface area (Å²) >= 11 is 0. The van der Waals surface area contributed by atoms with E-state index in [4.69, 9.17) is 15.0 Å². The first kappa shape index (κ1) is 14.8. The molecule has 0 saturated carbocycles. The number of hydrogen-bond donors (Lipinski definition) is 4. The summed E-state index contributed by atoms with van der Waals surface area (Å²) in [5.41, 5.74) is 5.12. The number of phosphoric acid groups is 1. The maximum absolute atomic E-state index is 11.8. The van der Waals surface area contributed by atoms with Gasteiger partial charge in [0.25, 0.3) is 5.56 Å². The minimum Gasteiger partial charge on any atom is -0.386 e. The molecule has 2 aromatic heterocycles. The third-order valence-electron chi connectivity index (χ3n) is 3.69. The van der Waals surface area contributed by atoms with Gasteiger partial charge in [-0.1, -0.05) is 0 Å². The summed E-state index contributed by atoms with van der Waals surface area (Å²) in [5.74, 6) is -0.117. The zero-order chi connectivity index (χ0) is 16.4. The number of ether oxygens (including phenoxy) is 1. The van der Waals surface area contributed by atoms with E-state index in [0.29, 0.717) is 0 Å². The number of hydrogen-bond acceptors (Lipinski definition) is 9. The molecule has 5 N–H and O–H groups in total. The van der Waals surface area contributed by atoms with E-state index in [1.165, 1.54) is 10.9 Å². The van der Waals surface area contributed by atoms with Crippen molar-refractivity contribution in [3.63, 3.8) is 0 Å². The molecular weight excluding hydrogens is 348 g/mol. The Balaban J connectivity index is 1.75. The molecule has 124 valence electrons. The van der Waals surface area contributed by atoms with E-state index in [0.717, 1.165) is 0 Å². The van der Waals surface area contributed by atoms with Gasteiger partial charge in [0.05, 0.1) is 12.9 Å². The molecule has 0 aromatic carbocycles. The molecule has 4 rings (SSSR count). The lowest BCUT2D eigenvalue weighted by Crippen LogP contribution is -2.39. The van der Waals surface area contributed by atoms with Crippen LogP contribution >= 0.6 is 7.82 Å². The van der Waals surface area contributed by atoms with Crippen LogP contribution in [0.3, 0.4) is 0 Å². The van der Waals surface area contributed by atoms with Crippen LogP contribution in [0, 0.1) is 0 Å². The summed E-state index contributed by atoms with van der Waals surface area (Å²) in [4.78, 5) is 31.3. The van der Waals surface area contributed by atoms with E-state index in [1.54, 1.807) is 0 Å². The Morgan fingerprint density at radius 1 is 1.52 bits per heavy atom. The van der Waals surface area contributed by atoms with Gasteiger partial charge in [-0.2, -0.15) is 4.98 Å². The van der Waals surface area contributed by atoms with Gasteiger partial charge in [0, 0.05) is 0 Å². The molecular formula is C10H12N5O7P. The van der Waals surface area contributed by atoms with Crippen molar-refractivity contribution < 1.29 is 28.3 Å². The first-order chi connectivity index (χ1) is 10.9. The molecule has 2 aliphatic rings. The summed E-state index contributed by atoms with van der Waals surface area (Å²) in [5, 5.41) is 10.4. The number of nitrogens with one attached hydrogen (secondary N) is 1. The van der Waals surface area contributed by atoms with Gasteiger partial charge >= 0.3 is 7.82 Å². The van der Waals surface area contributed by atoms with E-state index >= 15 is 0 Å². The zero-order valence-corrected chi connectivity index (χ0v) is 12.3. The second-order valence-corrected chi connectivity index (χ2v) is 6.57. The molecule has 12 nitrogen and oxygen atoms in total. The SMILES string of the molecule is [15NH2][13c]1[15n][13c]2[13c]([15n][13cH][15n]2[13C@@H]2O[13C@@H]3[13CH2]OP(=O)(O)O[13C@H]3[13C@H]2O)[13c](=O)[15nH]1. The van der Waals surface area contributed by atoms with Crippen molar-refractivity contribution in [3.05, 3.63) is 16.7 Å². The van der Waals surface area contributed by atoms with Crippen LogP contribution in [0.15, 0.2) is 11.1 Å². The van der Waals surface area contributed by atoms with Crippen molar-refractivity contribution in [2.24, 2.45) is 0 Å². The number of imidazole rings is 1. The lowest BCUT2D eigenvalue weighted by molar-refractivity contribution is -0.0664. The molecule has 2 fully saturated rings. The molecule has 0 bridgehead atoms. The van der Waals surface area contributed by atoms with Gasteiger partial charge in [0.1, 0.15) is 18.3 Å². The Kier molecular flexibility index (Phi) is 3.10. The number of phosphoric ester groups is 1. The van der Waals surface area contributed by atoms with Gasteiger partial charge in [-0.05, 0) is 0 Å². The Morgan fingerprint density at radius 3 is 3.09 bits per heavy atom. The number of H-pyrrole nitrogens is 1. The molecule has 23 heavy (non-hydrogen) atoms. The number of aromatic amines is 1. The molecule has 0 aliphatic carbocycles. The van der Waals surface area contributed by atoms with Crippen LogP contribution in [0.2, 0.25) is 0 Å². The van der Waals surface area contributed by atoms with Crippen LogP contribution in [0.4, 0.5) is 5.95 Å². The standard InChI is InChI=1S/C10H12N5O7P/c11-10-13-7-4(8(17)14-10)12-2-15(7)9-5(16)6-3(21-9)1-20-23(18,19)22-6/h2-3,5-6,9,16H,1H2,(H,18,19)(H3,11,13,14,17)/t3-,5-,6-,9-/m1/s1/i1+1,2+1,3+1,4+1,5+1,6+1,7+1,8+1,9+1,10+1,11+1,12+1,13+1,14+1,15+1. The molecule has 2 saturated heterocycles. The minimum atomic E-state index is -4.22. The summed E-state index contributed by atoms with van der Waals surface area (Å²) in [6.45, 7) is -0.214. The smallest absolute Gasteiger partial charge is 0.386 e. The minimum absolute atomic E-state index is 0.0230. The highest BCUT2D eigenvalue weighted by molar-refractivity contribution is 7.47. The number of fused-ring (bicyclic) bond motifs is 2. The fourth-order valence-corrected chi connectivity index (χ4v) is 3.66. The number of anilines is 1. The van der Waals surface area contributed by atoms with Crippen molar-refractivity contribution >= 4 is 24.9 Å². The van der Waals surface area contributed by atoms with E-state index in [2.05, 4.69) is 19.5 Å². The molecule has 2 aromatic rings. The van der Waals surface area contributed by atoms with Crippen molar-refractivity contribution in [2.75, 3.05) is 12.3 Å². The van der Waals surface area contributed by atoms with E-state index in [-0.39, 0.29) is 23.7 Å². The second kappa shape index (κ2) is 4.84. The number of aromatic nitrogens is 4. The predicted molar refractivity (Wildman–Crippen MR) is 73.1 cm³/mol. The fourth-order valence-electron chi connectivity index (χ4n) is 2.69. The van der Waals surface area contributed by atoms with Crippen molar-refractivity contribution in [1.29, 1.82) is 0 Å². The highest BCUT2D eigenvalue weighted by atomic mass is 31.2. The maximum atomic E-state index is 11.8. The summed E-state index contributed by atoms with van der Waals surface area (Å²) in [7, 11) is -4.22. The number of rotatable bonds is 1. The van der Waals surface area contributed by atoms with E-state index < -0.39 is 37.9 Å². The van der Waals surface area contributed by atoms with Gasteiger partial charge in [0.2, 0.25) is 5.95 Å². The number of nitrogen functional groups attached to an aromatic ring is 1. The third kappa shape index (κ3) is 2.27. The molecule has 0 radical (unpaired) electrons. The van der Waals surface area contributed by atoms with Crippen molar-refractivity contribution in [3.8, 4) is 0 Å². The average molecular weight is 360 g/mol. The van der Waals surface area contributed by atoms with Crippen LogP contribution in [0.5, 0.6) is 0 Å². The highest BCUT2D eigenvalue weighted by Crippen LogP contribution is 2.52. The maximum Gasteiger partial charge on any atom is 0.472 e. The van der Waals surface area contributed by atoms with E-state index in [1.807, 2.05) is 0 Å². The zero-order valence-electron chi connectivity index (χ0n) is 11.4. The number of aliphatic hydroxyl groups excluding tert-OH is 1. The summed E-state index contributed by atoms with van der Waals surface area (Å²) in [6.07, 6.45) is -2.85. The first-order valence-electron chi connectivity index (χ1n) is 6.57. The van der Waals surface area contributed by atoms with Gasteiger partial charge in [-0.25, -0.2) is 9.55 Å². The molecule has 2 aliphatic heterocycles. The van der Waals surface area contributed by atoms with Gasteiger partial charge in [-0.3, -0.25) is 23.4 Å². The topological polar surface area (TPSA) is 175 Å². The predicted octanol–water partition coefficient (Wildman–Crippen LogP) is -1.52. The van der Waals surface area contributed by atoms with Crippen LogP contribution < -0.4 is 11.3 Å². The number of nitrogens with two attached hydrogens (primary N) is 1. The van der Waals surface area contributed by atoms with Gasteiger partial charge in [-0.15, -0.1) is 0 Å². The van der Waals surface area contributed by atoms with Crippen molar-refractivity contribution in [1.82, 2.24) is 19.5 Å². The third-order valence-corrected chi connectivity index (χ3v) is 4.68. The lowest BCUT2D eigenvalue weighted by Gasteiger charge is -2.27. The van der Waals surface area contributed by atoms with Crippen LogP contribution in [0.1, 0.15) is 6.23 Å². The second-order valence-electron chi connectivity index (χ2n) is 5.17. The molecule has 1 unspecified atom stereocenters. The summed E-state index contributed by atoms with van der Waals surface area (Å²) in [6, 6.07) is 0. The van der Waals surface area contributed by atoms with Gasteiger partial charge < -0.3 is 20.5 Å². The van der Waals surface area contributed by atoms with Crippen LogP contribution in [0.25, 0.3) is 11.2 Å². The quantitative estimate of drug-likeness (QED) is 0.265. The highest BCUT2D eigenvalue weighted by Gasteiger charge is 2.52. The first-order valence-corrected chi connectivity index (χ1v) is 8.07. The molecule has 0 spiro atoms.